The van der Waals surface area contributed by atoms with Gasteiger partial charge < -0.3 is 5.32 Å². The number of pyridine rings is 1. The van der Waals surface area contributed by atoms with Crippen LogP contribution in [0, 0.1) is 5.82 Å². The molecule has 2 nitrogen and oxygen atoms in total. The van der Waals surface area contributed by atoms with Crippen molar-refractivity contribution in [2.24, 2.45) is 0 Å². The van der Waals surface area contributed by atoms with Gasteiger partial charge in [-0.25, -0.2) is 4.39 Å². The van der Waals surface area contributed by atoms with Gasteiger partial charge in [-0.1, -0.05) is 24.3 Å². The maximum absolute atomic E-state index is 13.8. The van der Waals surface area contributed by atoms with Crippen LogP contribution in [0.1, 0.15) is 18.5 Å². The summed E-state index contributed by atoms with van der Waals surface area (Å²) in [7, 11) is 0. The number of halogens is 1. The summed E-state index contributed by atoms with van der Waals surface area (Å²) < 4.78 is 13.8. The highest BCUT2D eigenvalue weighted by atomic mass is 19.1. The van der Waals surface area contributed by atoms with Crippen LogP contribution in [0.2, 0.25) is 0 Å². The SMILES string of the molecule is CC(Nc1cccc2ncccc12)c1ccccc1F. The fourth-order valence-corrected chi connectivity index (χ4v) is 2.37. The molecule has 0 fully saturated rings. The maximum atomic E-state index is 13.8. The van der Waals surface area contributed by atoms with E-state index in [4.69, 9.17) is 0 Å². The van der Waals surface area contributed by atoms with Crippen LogP contribution >= 0.6 is 0 Å². The minimum Gasteiger partial charge on any atom is -0.378 e. The molecular weight excluding hydrogens is 251 g/mol. The first-order valence-corrected chi connectivity index (χ1v) is 6.60. The van der Waals surface area contributed by atoms with Gasteiger partial charge in [-0.05, 0) is 37.3 Å². The zero-order valence-electron chi connectivity index (χ0n) is 11.2. The average molecular weight is 266 g/mol. The summed E-state index contributed by atoms with van der Waals surface area (Å²) in [5.74, 6) is -0.189. The third kappa shape index (κ3) is 2.35. The first-order valence-electron chi connectivity index (χ1n) is 6.60. The fraction of sp³-hybridized carbons (Fsp3) is 0.118. The summed E-state index contributed by atoms with van der Waals surface area (Å²) in [4.78, 5) is 4.33. The van der Waals surface area contributed by atoms with Gasteiger partial charge in [0.25, 0.3) is 0 Å². The second-order valence-electron chi connectivity index (χ2n) is 4.76. The summed E-state index contributed by atoms with van der Waals surface area (Å²) in [6.07, 6.45) is 1.77. The lowest BCUT2D eigenvalue weighted by Crippen LogP contribution is -2.08. The van der Waals surface area contributed by atoms with E-state index in [1.807, 2.05) is 43.3 Å². The van der Waals surface area contributed by atoms with E-state index >= 15 is 0 Å². The van der Waals surface area contributed by atoms with Crippen molar-refractivity contribution < 1.29 is 4.39 Å². The van der Waals surface area contributed by atoms with Crippen molar-refractivity contribution in [2.75, 3.05) is 5.32 Å². The number of hydrogen-bond donors (Lipinski definition) is 1. The smallest absolute Gasteiger partial charge is 0.128 e. The van der Waals surface area contributed by atoms with Gasteiger partial charge in [-0.2, -0.15) is 0 Å². The van der Waals surface area contributed by atoms with Crippen LogP contribution in [0.25, 0.3) is 10.9 Å². The minimum atomic E-state index is -0.189. The Morgan fingerprint density at radius 1 is 1.00 bits per heavy atom. The van der Waals surface area contributed by atoms with Crippen molar-refractivity contribution in [3.63, 3.8) is 0 Å². The first-order chi connectivity index (χ1) is 9.75. The Morgan fingerprint density at radius 3 is 2.70 bits per heavy atom. The van der Waals surface area contributed by atoms with Crippen LogP contribution in [0.15, 0.2) is 60.8 Å². The summed E-state index contributed by atoms with van der Waals surface area (Å²) in [6.45, 7) is 1.95. The summed E-state index contributed by atoms with van der Waals surface area (Å²) in [5.41, 5.74) is 2.55. The number of nitrogens with zero attached hydrogens (tertiary/aromatic N) is 1. The van der Waals surface area contributed by atoms with Crippen LogP contribution in [0.4, 0.5) is 10.1 Å². The van der Waals surface area contributed by atoms with Crippen molar-refractivity contribution in [3.05, 3.63) is 72.2 Å². The normalized spacial score (nSPS) is 12.3. The molecular formula is C17H15FN2. The second kappa shape index (κ2) is 5.29. The molecule has 1 N–H and O–H groups in total. The molecule has 3 rings (SSSR count). The Bertz CT molecular complexity index is 734. The van der Waals surface area contributed by atoms with Gasteiger partial charge in [0.15, 0.2) is 0 Å². The summed E-state index contributed by atoms with van der Waals surface area (Å²) >= 11 is 0. The van der Waals surface area contributed by atoms with Crippen molar-refractivity contribution in [2.45, 2.75) is 13.0 Å². The number of hydrogen-bond acceptors (Lipinski definition) is 2. The monoisotopic (exact) mass is 266 g/mol. The van der Waals surface area contributed by atoms with E-state index in [2.05, 4.69) is 10.3 Å². The number of aromatic nitrogens is 1. The van der Waals surface area contributed by atoms with E-state index in [1.54, 1.807) is 18.3 Å². The highest BCUT2D eigenvalue weighted by molar-refractivity contribution is 5.91. The lowest BCUT2D eigenvalue weighted by Gasteiger charge is -2.17. The molecule has 0 aliphatic carbocycles. The molecule has 0 aliphatic rings. The zero-order chi connectivity index (χ0) is 13.9. The molecule has 2 aromatic carbocycles. The van der Waals surface area contributed by atoms with E-state index in [0.717, 1.165) is 16.6 Å². The number of rotatable bonds is 3. The van der Waals surface area contributed by atoms with Gasteiger partial charge in [-0.15, -0.1) is 0 Å². The van der Waals surface area contributed by atoms with Gasteiger partial charge in [-0.3, -0.25) is 4.98 Å². The molecule has 1 unspecified atom stereocenters. The third-order valence-electron chi connectivity index (χ3n) is 3.39. The standard InChI is InChI=1S/C17H15FN2/c1-12(13-6-2-3-8-15(13)18)20-17-10-4-9-16-14(17)7-5-11-19-16/h2-12,20H,1H3. The molecule has 0 saturated carbocycles. The van der Waals surface area contributed by atoms with Crippen molar-refractivity contribution in [1.82, 2.24) is 4.98 Å². The van der Waals surface area contributed by atoms with Crippen molar-refractivity contribution >= 4 is 16.6 Å². The van der Waals surface area contributed by atoms with E-state index < -0.39 is 0 Å². The quantitative estimate of drug-likeness (QED) is 0.752. The molecule has 0 spiro atoms. The van der Waals surface area contributed by atoms with Crippen molar-refractivity contribution in [3.8, 4) is 0 Å². The van der Waals surface area contributed by atoms with Gasteiger partial charge >= 0.3 is 0 Å². The number of anilines is 1. The molecule has 1 atom stereocenters. The molecule has 3 heteroatoms. The van der Waals surface area contributed by atoms with Crippen LogP contribution in [-0.4, -0.2) is 4.98 Å². The predicted molar refractivity (Wildman–Crippen MR) is 80.2 cm³/mol. The Morgan fingerprint density at radius 2 is 1.85 bits per heavy atom. The minimum absolute atomic E-state index is 0.109. The molecule has 20 heavy (non-hydrogen) atoms. The van der Waals surface area contributed by atoms with E-state index in [0.29, 0.717) is 5.56 Å². The van der Waals surface area contributed by atoms with Gasteiger partial charge in [0.2, 0.25) is 0 Å². The maximum Gasteiger partial charge on any atom is 0.128 e. The van der Waals surface area contributed by atoms with Crippen molar-refractivity contribution in [1.29, 1.82) is 0 Å². The molecule has 0 aliphatic heterocycles. The van der Waals surface area contributed by atoms with E-state index in [-0.39, 0.29) is 11.9 Å². The molecule has 0 saturated heterocycles. The molecule has 0 amide bonds. The molecule has 3 aromatic rings. The van der Waals surface area contributed by atoms with Gasteiger partial charge in [0.1, 0.15) is 5.82 Å². The van der Waals surface area contributed by atoms with E-state index in [9.17, 15) is 4.39 Å². The number of benzene rings is 2. The summed E-state index contributed by atoms with van der Waals surface area (Å²) in [5, 5.41) is 4.40. The zero-order valence-corrected chi connectivity index (χ0v) is 11.2. The van der Waals surface area contributed by atoms with Gasteiger partial charge in [0, 0.05) is 22.8 Å². The topological polar surface area (TPSA) is 24.9 Å². The molecule has 1 aromatic heterocycles. The van der Waals surface area contributed by atoms with Gasteiger partial charge in [0.05, 0.1) is 11.6 Å². The van der Waals surface area contributed by atoms with Crippen LogP contribution in [-0.2, 0) is 0 Å². The van der Waals surface area contributed by atoms with Crippen LogP contribution < -0.4 is 5.32 Å². The summed E-state index contributed by atoms with van der Waals surface area (Å²) in [6, 6.07) is 16.5. The third-order valence-corrected chi connectivity index (χ3v) is 3.39. The lowest BCUT2D eigenvalue weighted by atomic mass is 10.1. The largest absolute Gasteiger partial charge is 0.378 e. The molecule has 1 heterocycles. The Balaban J connectivity index is 1.96. The van der Waals surface area contributed by atoms with Crippen LogP contribution in [0.3, 0.4) is 0 Å². The first kappa shape index (κ1) is 12.6. The molecule has 100 valence electrons. The Hall–Kier alpha value is -2.42. The number of fused-ring (bicyclic) bond motifs is 1. The molecule has 0 bridgehead atoms. The lowest BCUT2D eigenvalue weighted by molar-refractivity contribution is 0.600. The van der Waals surface area contributed by atoms with Crippen LogP contribution in [0.5, 0.6) is 0 Å². The highest BCUT2D eigenvalue weighted by Gasteiger charge is 2.11. The predicted octanol–water partition coefficient (Wildman–Crippen LogP) is 4.55. The number of nitrogens with one attached hydrogen (secondary N) is 1. The molecule has 0 radical (unpaired) electrons. The van der Waals surface area contributed by atoms with E-state index in [1.165, 1.54) is 6.07 Å². The average Bonchev–Trinajstić information content (AvgIpc) is 2.48. The Labute approximate surface area is 117 Å². The second-order valence-corrected chi connectivity index (χ2v) is 4.76. The highest BCUT2D eigenvalue weighted by Crippen LogP contribution is 2.26. The Kier molecular flexibility index (Phi) is 3.33. The fourth-order valence-electron chi connectivity index (χ4n) is 2.37.